The number of carboxylic acid groups (broad SMARTS) is 1. The zero-order chi connectivity index (χ0) is 16.4. The second-order valence-electron chi connectivity index (χ2n) is 4.13. The quantitative estimate of drug-likeness (QED) is 0.833. The van der Waals surface area contributed by atoms with E-state index < -0.39 is 17.5 Å². The van der Waals surface area contributed by atoms with Gasteiger partial charge in [0.15, 0.2) is 22.4 Å². The molecule has 1 heterocycles. The Morgan fingerprint density at radius 3 is 2.59 bits per heavy atom. The predicted octanol–water partition coefficient (Wildman–Crippen LogP) is 3.87. The number of hydrogen-bond donors (Lipinski definition) is 1. The van der Waals surface area contributed by atoms with E-state index >= 15 is 0 Å². The van der Waals surface area contributed by atoms with Crippen molar-refractivity contribution >= 4 is 40.8 Å². The summed E-state index contributed by atoms with van der Waals surface area (Å²) >= 11 is 17.3. The van der Waals surface area contributed by atoms with Gasteiger partial charge in [-0.3, -0.25) is 0 Å². The van der Waals surface area contributed by atoms with E-state index in [0.29, 0.717) is 0 Å². The Balaban J connectivity index is 2.46. The van der Waals surface area contributed by atoms with E-state index in [2.05, 4.69) is 9.97 Å². The normalized spacial score (nSPS) is 10.6. The summed E-state index contributed by atoms with van der Waals surface area (Å²) in [4.78, 5) is 18.7. The van der Waals surface area contributed by atoms with E-state index in [1.165, 1.54) is 19.2 Å². The maximum absolute atomic E-state index is 14.2. The summed E-state index contributed by atoms with van der Waals surface area (Å²) in [6, 6.07) is 2.88. The SMILES string of the molecule is COc1c(Cl)ccc(Cc2nc(Cl)c(Cl)c(C(=O)O)n2)c1F. The Labute approximate surface area is 139 Å². The molecule has 9 heteroatoms. The first kappa shape index (κ1) is 16.7. The number of nitrogens with zero attached hydrogens (tertiary/aromatic N) is 2. The van der Waals surface area contributed by atoms with Crippen molar-refractivity contribution in [2.24, 2.45) is 0 Å². The van der Waals surface area contributed by atoms with E-state index in [4.69, 9.17) is 44.6 Å². The topological polar surface area (TPSA) is 72.3 Å². The van der Waals surface area contributed by atoms with Crippen LogP contribution < -0.4 is 4.74 Å². The fourth-order valence-electron chi connectivity index (χ4n) is 1.75. The molecule has 22 heavy (non-hydrogen) atoms. The van der Waals surface area contributed by atoms with Crippen molar-refractivity contribution in [3.8, 4) is 5.75 Å². The van der Waals surface area contributed by atoms with Gasteiger partial charge >= 0.3 is 5.97 Å². The molecular weight excluding hydrogens is 358 g/mol. The minimum Gasteiger partial charge on any atom is -0.492 e. The number of halogens is 4. The predicted molar refractivity (Wildman–Crippen MR) is 79.8 cm³/mol. The van der Waals surface area contributed by atoms with Gasteiger partial charge in [-0.15, -0.1) is 0 Å². The van der Waals surface area contributed by atoms with Crippen LogP contribution in [-0.4, -0.2) is 28.2 Å². The van der Waals surface area contributed by atoms with Crippen LogP contribution in [-0.2, 0) is 6.42 Å². The van der Waals surface area contributed by atoms with E-state index in [1.54, 1.807) is 0 Å². The number of carboxylic acids is 1. The Hall–Kier alpha value is -1.63. The summed E-state index contributed by atoms with van der Waals surface area (Å²) in [5, 5.41) is 8.64. The van der Waals surface area contributed by atoms with Crippen LogP contribution >= 0.6 is 34.8 Å². The Morgan fingerprint density at radius 1 is 1.32 bits per heavy atom. The highest BCUT2D eigenvalue weighted by molar-refractivity contribution is 6.42. The number of aromatic carboxylic acids is 1. The molecule has 0 aliphatic heterocycles. The standard InChI is InChI=1S/C13H8Cl3FN2O3/c1-22-11-6(14)3-2-5(9(11)17)4-7-18-10(13(20)21)8(15)12(16)19-7/h2-3H,4H2,1H3,(H,20,21). The van der Waals surface area contributed by atoms with Crippen LogP contribution in [0.2, 0.25) is 15.2 Å². The monoisotopic (exact) mass is 364 g/mol. The maximum atomic E-state index is 14.2. The molecular formula is C13H8Cl3FN2O3. The molecule has 0 saturated heterocycles. The largest absolute Gasteiger partial charge is 0.492 e. The molecule has 1 N–H and O–H groups in total. The molecule has 0 unspecified atom stereocenters. The Bertz CT molecular complexity index is 756. The van der Waals surface area contributed by atoms with Gasteiger partial charge < -0.3 is 9.84 Å². The van der Waals surface area contributed by atoms with Crippen LogP contribution in [0.15, 0.2) is 12.1 Å². The van der Waals surface area contributed by atoms with E-state index in [1.807, 2.05) is 0 Å². The molecule has 0 fully saturated rings. The Kier molecular flexibility index (Phi) is 5.05. The zero-order valence-corrected chi connectivity index (χ0v) is 13.3. The van der Waals surface area contributed by atoms with Gasteiger partial charge in [-0.1, -0.05) is 40.9 Å². The van der Waals surface area contributed by atoms with Gasteiger partial charge in [0.25, 0.3) is 0 Å². The molecule has 0 aliphatic rings. The van der Waals surface area contributed by atoms with Gasteiger partial charge in [0.1, 0.15) is 10.8 Å². The molecule has 116 valence electrons. The smallest absolute Gasteiger partial charge is 0.356 e. The number of benzene rings is 1. The van der Waals surface area contributed by atoms with Crippen LogP contribution in [0.1, 0.15) is 21.9 Å². The maximum Gasteiger partial charge on any atom is 0.356 e. The van der Waals surface area contributed by atoms with E-state index in [0.717, 1.165) is 0 Å². The molecule has 0 atom stereocenters. The van der Waals surface area contributed by atoms with E-state index in [9.17, 15) is 9.18 Å². The molecule has 5 nitrogen and oxygen atoms in total. The lowest BCUT2D eigenvalue weighted by Gasteiger charge is -2.09. The molecule has 0 saturated carbocycles. The van der Waals surface area contributed by atoms with Crippen molar-refractivity contribution < 1.29 is 19.0 Å². The first-order valence-electron chi connectivity index (χ1n) is 5.81. The number of carbonyl (C=O) groups is 1. The Morgan fingerprint density at radius 2 is 2.00 bits per heavy atom. The summed E-state index contributed by atoms with van der Waals surface area (Å²) < 4.78 is 19.1. The summed E-state index contributed by atoms with van der Waals surface area (Å²) in [5.41, 5.74) is -0.269. The summed E-state index contributed by atoms with van der Waals surface area (Å²) in [6.45, 7) is 0. The highest BCUT2D eigenvalue weighted by Gasteiger charge is 2.19. The van der Waals surface area contributed by atoms with Crippen LogP contribution in [0.25, 0.3) is 0 Å². The molecule has 1 aromatic carbocycles. The van der Waals surface area contributed by atoms with Crippen molar-refractivity contribution in [1.82, 2.24) is 9.97 Å². The number of ether oxygens (including phenoxy) is 1. The van der Waals surface area contributed by atoms with Gasteiger partial charge in [0, 0.05) is 6.42 Å². The lowest BCUT2D eigenvalue weighted by Crippen LogP contribution is -2.08. The summed E-state index contributed by atoms with van der Waals surface area (Å²) in [6.07, 6.45) is -0.101. The van der Waals surface area contributed by atoms with Crippen LogP contribution in [0, 0.1) is 5.82 Å². The molecule has 0 aliphatic carbocycles. The second-order valence-corrected chi connectivity index (χ2v) is 5.27. The highest BCUT2D eigenvalue weighted by Crippen LogP contribution is 2.31. The summed E-state index contributed by atoms with van der Waals surface area (Å²) in [7, 11) is 1.28. The van der Waals surface area contributed by atoms with Gasteiger partial charge in [-0.05, 0) is 11.6 Å². The van der Waals surface area contributed by atoms with Crippen LogP contribution in [0.5, 0.6) is 5.75 Å². The van der Waals surface area contributed by atoms with Crippen LogP contribution in [0.3, 0.4) is 0 Å². The molecule has 0 spiro atoms. The second kappa shape index (κ2) is 6.64. The number of rotatable bonds is 4. The van der Waals surface area contributed by atoms with Crippen molar-refractivity contribution in [1.29, 1.82) is 0 Å². The zero-order valence-electron chi connectivity index (χ0n) is 11.0. The minimum atomic E-state index is -1.36. The molecule has 0 amide bonds. The third-order valence-corrected chi connectivity index (χ3v) is 3.77. The molecule has 2 aromatic rings. The van der Waals surface area contributed by atoms with Crippen molar-refractivity contribution in [3.63, 3.8) is 0 Å². The van der Waals surface area contributed by atoms with Gasteiger partial charge in [0.2, 0.25) is 0 Å². The number of hydrogen-bond acceptors (Lipinski definition) is 4. The third-order valence-electron chi connectivity index (χ3n) is 2.74. The van der Waals surface area contributed by atoms with Gasteiger partial charge in [0.05, 0.1) is 12.1 Å². The minimum absolute atomic E-state index is 0.00933. The number of aromatic nitrogens is 2. The first-order valence-corrected chi connectivity index (χ1v) is 6.94. The fourth-order valence-corrected chi connectivity index (χ4v) is 2.33. The summed E-state index contributed by atoms with van der Waals surface area (Å²) in [5.74, 6) is -2.14. The fraction of sp³-hybridized carbons (Fsp3) is 0.154. The van der Waals surface area contributed by atoms with E-state index in [-0.39, 0.29) is 38.8 Å². The van der Waals surface area contributed by atoms with Gasteiger partial charge in [-0.2, -0.15) is 0 Å². The van der Waals surface area contributed by atoms with Crippen molar-refractivity contribution in [2.45, 2.75) is 6.42 Å². The average Bonchev–Trinajstić information content (AvgIpc) is 2.46. The molecule has 0 radical (unpaired) electrons. The van der Waals surface area contributed by atoms with Gasteiger partial charge in [-0.25, -0.2) is 19.2 Å². The first-order chi connectivity index (χ1) is 10.3. The molecule has 2 rings (SSSR count). The van der Waals surface area contributed by atoms with Crippen molar-refractivity contribution in [3.05, 3.63) is 50.2 Å². The highest BCUT2D eigenvalue weighted by atomic mass is 35.5. The number of methoxy groups -OCH3 is 1. The third kappa shape index (κ3) is 3.24. The molecule has 0 bridgehead atoms. The van der Waals surface area contributed by atoms with Crippen LogP contribution in [0.4, 0.5) is 4.39 Å². The van der Waals surface area contributed by atoms with Crippen molar-refractivity contribution in [2.75, 3.05) is 7.11 Å². The average molecular weight is 366 g/mol. The molecule has 1 aromatic heterocycles. The lowest BCUT2D eigenvalue weighted by molar-refractivity contribution is 0.0690. The lowest BCUT2D eigenvalue weighted by atomic mass is 10.1.